The monoisotopic (exact) mass is 310 g/mol. The first-order valence-corrected chi connectivity index (χ1v) is 7.32. The molecule has 6 heteroatoms. The molecule has 118 valence electrons. The van der Waals surface area contributed by atoms with E-state index in [4.69, 9.17) is 10.00 Å². The van der Waals surface area contributed by atoms with Gasteiger partial charge in [0.2, 0.25) is 5.88 Å². The number of nitrogens with one attached hydrogen (secondary N) is 2. The van der Waals surface area contributed by atoms with Gasteiger partial charge in [0.25, 0.3) is 0 Å². The van der Waals surface area contributed by atoms with Crippen molar-refractivity contribution in [1.29, 1.82) is 5.26 Å². The van der Waals surface area contributed by atoms with E-state index in [-0.39, 0.29) is 12.1 Å². The highest BCUT2D eigenvalue weighted by Crippen LogP contribution is 2.22. The van der Waals surface area contributed by atoms with E-state index in [9.17, 15) is 4.79 Å². The Hall–Kier alpha value is -3.07. The summed E-state index contributed by atoms with van der Waals surface area (Å²) in [6, 6.07) is 12.1. The third-order valence-corrected chi connectivity index (χ3v) is 3.17. The number of nitrogens with zero attached hydrogens (tertiary/aromatic N) is 2. The molecule has 0 aliphatic heterocycles. The van der Waals surface area contributed by atoms with Crippen molar-refractivity contribution < 1.29 is 9.53 Å². The van der Waals surface area contributed by atoms with Gasteiger partial charge in [-0.25, -0.2) is 9.78 Å². The summed E-state index contributed by atoms with van der Waals surface area (Å²) in [5.74, 6) is 0.925. The lowest BCUT2D eigenvalue weighted by Gasteiger charge is -2.13. The van der Waals surface area contributed by atoms with E-state index >= 15 is 0 Å². The smallest absolute Gasteiger partial charge is 0.319 e. The summed E-state index contributed by atoms with van der Waals surface area (Å²) in [6.45, 7) is 3.94. The molecule has 1 atom stereocenters. The van der Waals surface area contributed by atoms with Crippen molar-refractivity contribution in [2.75, 3.05) is 5.32 Å². The first-order valence-electron chi connectivity index (χ1n) is 7.32. The van der Waals surface area contributed by atoms with Crippen LogP contribution in [0.25, 0.3) is 0 Å². The summed E-state index contributed by atoms with van der Waals surface area (Å²) in [5, 5.41) is 14.3. The van der Waals surface area contributed by atoms with Gasteiger partial charge >= 0.3 is 6.03 Å². The standard InChI is InChI=1S/C17H18N4O2/c1-3-12(2)20-17(22)21-14-5-4-6-15(9-14)23-16-8-7-13(10-18)11-19-16/h4-9,11-12H,3H2,1-2H3,(H2,20,21,22)/t12-/m0/s1. The molecule has 0 saturated heterocycles. The van der Waals surface area contributed by atoms with Crippen LogP contribution in [-0.4, -0.2) is 17.1 Å². The van der Waals surface area contributed by atoms with E-state index in [1.165, 1.54) is 6.20 Å². The summed E-state index contributed by atoms with van der Waals surface area (Å²) in [6.07, 6.45) is 2.30. The van der Waals surface area contributed by atoms with Gasteiger partial charge in [-0.05, 0) is 31.5 Å². The number of benzene rings is 1. The summed E-state index contributed by atoms with van der Waals surface area (Å²) < 4.78 is 5.61. The van der Waals surface area contributed by atoms with Gasteiger partial charge in [-0.2, -0.15) is 5.26 Å². The van der Waals surface area contributed by atoms with Crippen LogP contribution < -0.4 is 15.4 Å². The zero-order chi connectivity index (χ0) is 16.7. The highest BCUT2D eigenvalue weighted by molar-refractivity contribution is 5.89. The van der Waals surface area contributed by atoms with Crippen LogP contribution >= 0.6 is 0 Å². The number of ether oxygens (including phenoxy) is 1. The predicted molar refractivity (Wildman–Crippen MR) is 87.4 cm³/mol. The third kappa shape index (κ3) is 5.00. The summed E-state index contributed by atoms with van der Waals surface area (Å²) >= 11 is 0. The van der Waals surface area contributed by atoms with Gasteiger partial charge in [-0.3, -0.25) is 0 Å². The maximum absolute atomic E-state index is 11.8. The number of carbonyl (C=O) groups excluding carboxylic acids is 1. The van der Waals surface area contributed by atoms with Crippen LogP contribution in [0.1, 0.15) is 25.8 Å². The van der Waals surface area contributed by atoms with Gasteiger partial charge in [-0.15, -0.1) is 0 Å². The van der Waals surface area contributed by atoms with E-state index in [0.29, 0.717) is 22.9 Å². The number of anilines is 1. The molecular formula is C17H18N4O2. The Morgan fingerprint density at radius 1 is 1.39 bits per heavy atom. The van der Waals surface area contributed by atoms with E-state index in [1.54, 1.807) is 36.4 Å². The Morgan fingerprint density at radius 2 is 2.22 bits per heavy atom. The Kier molecular flexibility index (Phi) is 5.53. The lowest BCUT2D eigenvalue weighted by atomic mass is 10.2. The van der Waals surface area contributed by atoms with Crippen LogP contribution in [-0.2, 0) is 0 Å². The Balaban J connectivity index is 2.01. The highest BCUT2D eigenvalue weighted by Gasteiger charge is 2.06. The fourth-order valence-electron chi connectivity index (χ4n) is 1.76. The second kappa shape index (κ2) is 7.80. The minimum Gasteiger partial charge on any atom is -0.439 e. The van der Waals surface area contributed by atoms with Crippen LogP contribution in [0, 0.1) is 11.3 Å². The number of aromatic nitrogens is 1. The first-order chi connectivity index (χ1) is 11.1. The molecule has 1 heterocycles. The topological polar surface area (TPSA) is 87.0 Å². The average molecular weight is 310 g/mol. The van der Waals surface area contributed by atoms with Gasteiger partial charge in [0.05, 0.1) is 5.56 Å². The maximum Gasteiger partial charge on any atom is 0.319 e. The Bertz CT molecular complexity index is 707. The molecule has 2 aromatic rings. The fourth-order valence-corrected chi connectivity index (χ4v) is 1.76. The molecule has 0 aliphatic rings. The van der Waals surface area contributed by atoms with Crippen LogP contribution in [0.3, 0.4) is 0 Å². The van der Waals surface area contributed by atoms with E-state index in [1.807, 2.05) is 19.9 Å². The van der Waals surface area contributed by atoms with Crippen molar-refractivity contribution >= 4 is 11.7 Å². The summed E-state index contributed by atoms with van der Waals surface area (Å²) in [4.78, 5) is 15.9. The zero-order valence-corrected chi connectivity index (χ0v) is 13.0. The molecule has 23 heavy (non-hydrogen) atoms. The summed E-state index contributed by atoms with van der Waals surface area (Å²) in [5.41, 5.74) is 1.09. The molecular weight excluding hydrogens is 292 g/mol. The Morgan fingerprint density at radius 3 is 2.87 bits per heavy atom. The van der Waals surface area contributed by atoms with Crippen molar-refractivity contribution in [3.63, 3.8) is 0 Å². The molecule has 2 N–H and O–H groups in total. The fraction of sp³-hybridized carbons (Fsp3) is 0.235. The van der Waals surface area contributed by atoms with Gasteiger partial charge in [0.15, 0.2) is 0 Å². The van der Waals surface area contributed by atoms with E-state index in [0.717, 1.165) is 6.42 Å². The SMILES string of the molecule is CC[C@H](C)NC(=O)Nc1cccc(Oc2ccc(C#N)cn2)c1. The number of urea groups is 1. The van der Waals surface area contributed by atoms with Crippen LogP contribution in [0.15, 0.2) is 42.6 Å². The summed E-state index contributed by atoms with van der Waals surface area (Å²) in [7, 11) is 0. The number of rotatable bonds is 5. The third-order valence-electron chi connectivity index (χ3n) is 3.17. The molecule has 6 nitrogen and oxygen atoms in total. The van der Waals surface area contributed by atoms with Gasteiger partial charge < -0.3 is 15.4 Å². The minimum absolute atomic E-state index is 0.109. The number of hydrogen-bond acceptors (Lipinski definition) is 4. The van der Waals surface area contributed by atoms with Crippen molar-refractivity contribution in [2.24, 2.45) is 0 Å². The molecule has 0 unspecified atom stereocenters. The molecule has 0 radical (unpaired) electrons. The van der Waals surface area contributed by atoms with Crippen molar-refractivity contribution in [3.8, 4) is 17.7 Å². The molecule has 2 rings (SSSR count). The first kappa shape index (κ1) is 16.3. The minimum atomic E-state index is -0.256. The lowest BCUT2D eigenvalue weighted by molar-refractivity contribution is 0.249. The largest absolute Gasteiger partial charge is 0.439 e. The molecule has 0 saturated carbocycles. The highest BCUT2D eigenvalue weighted by atomic mass is 16.5. The molecule has 0 fully saturated rings. The van der Waals surface area contributed by atoms with E-state index in [2.05, 4.69) is 15.6 Å². The van der Waals surface area contributed by atoms with Gasteiger partial charge in [-0.1, -0.05) is 13.0 Å². The quantitative estimate of drug-likeness (QED) is 0.882. The van der Waals surface area contributed by atoms with Crippen molar-refractivity contribution in [3.05, 3.63) is 48.2 Å². The number of carbonyl (C=O) groups is 1. The number of amides is 2. The van der Waals surface area contributed by atoms with Crippen molar-refractivity contribution in [2.45, 2.75) is 26.3 Å². The number of nitriles is 1. The number of hydrogen-bond donors (Lipinski definition) is 2. The Labute approximate surface area is 135 Å². The zero-order valence-electron chi connectivity index (χ0n) is 13.0. The molecule has 2 amide bonds. The second-order valence-electron chi connectivity index (χ2n) is 5.03. The van der Waals surface area contributed by atoms with Gasteiger partial charge in [0.1, 0.15) is 11.8 Å². The normalized spacial score (nSPS) is 11.2. The van der Waals surface area contributed by atoms with Gasteiger partial charge in [0, 0.05) is 30.1 Å². The second-order valence-corrected chi connectivity index (χ2v) is 5.03. The molecule has 1 aromatic heterocycles. The van der Waals surface area contributed by atoms with Crippen molar-refractivity contribution in [1.82, 2.24) is 10.3 Å². The lowest BCUT2D eigenvalue weighted by Crippen LogP contribution is -2.35. The number of pyridine rings is 1. The molecule has 0 aliphatic carbocycles. The van der Waals surface area contributed by atoms with E-state index < -0.39 is 0 Å². The average Bonchev–Trinajstić information content (AvgIpc) is 2.55. The predicted octanol–water partition coefficient (Wildman–Crippen LogP) is 3.67. The molecule has 1 aromatic carbocycles. The molecule has 0 spiro atoms. The van der Waals surface area contributed by atoms with Crippen LogP contribution in [0.2, 0.25) is 0 Å². The van der Waals surface area contributed by atoms with Crippen LogP contribution in [0.4, 0.5) is 10.5 Å². The molecule has 0 bridgehead atoms. The maximum atomic E-state index is 11.8. The van der Waals surface area contributed by atoms with Crippen LogP contribution in [0.5, 0.6) is 11.6 Å².